The minimum absolute atomic E-state index is 0.0295. The molecule has 1 aliphatic carbocycles. The molecule has 0 unspecified atom stereocenters. The molecule has 0 spiro atoms. The number of ether oxygens (including phenoxy) is 3. The van der Waals surface area contributed by atoms with Crippen molar-refractivity contribution in [1.82, 2.24) is 4.98 Å². The molecule has 1 aliphatic rings. The summed E-state index contributed by atoms with van der Waals surface area (Å²) >= 11 is 0. The molecule has 200 valence electrons. The second-order valence-electron chi connectivity index (χ2n) is 9.45. The Balaban J connectivity index is 1.58. The van der Waals surface area contributed by atoms with Crippen molar-refractivity contribution in [2.75, 3.05) is 20.8 Å². The summed E-state index contributed by atoms with van der Waals surface area (Å²) in [6.45, 7) is 1.36. The lowest BCUT2D eigenvalue weighted by Gasteiger charge is -2.28. The van der Waals surface area contributed by atoms with Gasteiger partial charge in [-0.15, -0.1) is 0 Å². The maximum atomic E-state index is 13.9. The van der Waals surface area contributed by atoms with Gasteiger partial charge in [0.05, 0.1) is 19.9 Å². The number of nitrogens with two attached hydrogens (primary N) is 1. The minimum atomic E-state index is -1.32. The molecule has 8 nitrogen and oxygen atoms in total. The number of carbonyl (C=O) groups excluding carboxylic acids is 2. The number of pyridine rings is 1. The van der Waals surface area contributed by atoms with Crippen molar-refractivity contribution in [3.63, 3.8) is 0 Å². The van der Waals surface area contributed by atoms with Crippen molar-refractivity contribution < 1.29 is 33.3 Å². The summed E-state index contributed by atoms with van der Waals surface area (Å²) in [5, 5.41) is 11.8. The van der Waals surface area contributed by atoms with E-state index in [0.717, 1.165) is 12.8 Å². The smallest absolute Gasteiger partial charge is 0.255 e. The van der Waals surface area contributed by atoms with Crippen LogP contribution in [0.25, 0.3) is 11.3 Å². The van der Waals surface area contributed by atoms with Crippen LogP contribution in [0.3, 0.4) is 0 Å². The van der Waals surface area contributed by atoms with E-state index in [2.05, 4.69) is 0 Å². The van der Waals surface area contributed by atoms with Gasteiger partial charge in [0.15, 0.2) is 23.9 Å². The number of Topliss-reactive ketones (excluding diaryl/α,β-unsaturated/α-hetero) is 1. The van der Waals surface area contributed by atoms with Crippen LogP contribution in [-0.2, 0) is 10.4 Å². The lowest BCUT2D eigenvalue weighted by Crippen LogP contribution is -2.30. The average molecular weight is 523 g/mol. The van der Waals surface area contributed by atoms with E-state index in [1.807, 2.05) is 0 Å². The van der Waals surface area contributed by atoms with Gasteiger partial charge in [0.25, 0.3) is 5.91 Å². The summed E-state index contributed by atoms with van der Waals surface area (Å²) in [5.41, 5.74) is 6.28. The van der Waals surface area contributed by atoms with Crippen LogP contribution in [0.2, 0.25) is 0 Å². The number of ketones is 1. The summed E-state index contributed by atoms with van der Waals surface area (Å²) in [4.78, 5) is 28.9. The van der Waals surface area contributed by atoms with Crippen LogP contribution in [0.15, 0.2) is 48.5 Å². The monoisotopic (exact) mass is 522 g/mol. The zero-order chi connectivity index (χ0) is 27.4. The lowest BCUT2D eigenvalue weighted by atomic mass is 9.86. The number of hydrogen-bond acceptors (Lipinski definition) is 7. The molecule has 0 bridgehead atoms. The molecule has 0 saturated heterocycles. The number of methoxy groups -OCH3 is 2. The molecule has 1 saturated carbocycles. The summed E-state index contributed by atoms with van der Waals surface area (Å²) in [7, 11) is 2.96. The van der Waals surface area contributed by atoms with Gasteiger partial charge in [-0.3, -0.25) is 9.59 Å². The largest absolute Gasteiger partial charge is 0.494 e. The topological polar surface area (TPSA) is 121 Å². The minimum Gasteiger partial charge on any atom is -0.494 e. The summed E-state index contributed by atoms with van der Waals surface area (Å²) in [6, 6.07) is 12.8. The molecular weight excluding hydrogens is 491 g/mol. The molecule has 1 heterocycles. The van der Waals surface area contributed by atoms with Crippen molar-refractivity contribution >= 4 is 11.7 Å². The first-order chi connectivity index (χ1) is 18.2. The second kappa shape index (κ2) is 11.2. The van der Waals surface area contributed by atoms with Crippen LogP contribution in [0.1, 0.15) is 47.3 Å². The number of aryl methyl sites for hydroxylation is 1. The number of aromatic nitrogens is 1. The van der Waals surface area contributed by atoms with E-state index in [1.54, 1.807) is 43.3 Å². The predicted molar refractivity (Wildman–Crippen MR) is 139 cm³/mol. The molecule has 38 heavy (non-hydrogen) atoms. The number of benzene rings is 2. The first-order valence-corrected chi connectivity index (χ1v) is 12.3. The van der Waals surface area contributed by atoms with E-state index in [4.69, 9.17) is 24.9 Å². The number of carbonyl (C=O) groups is 2. The van der Waals surface area contributed by atoms with Crippen LogP contribution >= 0.6 is 0 Å². The van der Waals surface area contributed by atoms with Crippen LogP contribution in [0.4, 0.5) is 4.39 Å². The predicted octanol–water partition coefficient (Wildman–Crippen LogP) is 4.34. The molecule has 1 amide bonds. The Morgan fingerprint density at radius 3 is 2.39 bits per heavy atom. The molecule has 1 aromatic heterocycles. The Hall–Kier alpha value is -3.98. The standard InChI is InChI=1S/C29H31FN2O6/c1-17-14-19(4-8-21(17)30)28-24(36-2)10-11-26(32-28)29(35,20-6-7-20)13-12-22(33)18-5-9-23(25(15-18)37-3)38-16-27(31)34/h4-5,8-11,14-15,20,35H,6-7,12-13,16H2,1-3H3,(H2,31,34)/t29-/m1/s1. The number of aliphatic hydroxyl groups is 1. The zero-order valence-electron chi connectivity index (χ0n) is 21.6. The highest BCUT2D eigenvalue weighted by molar-refractivity contribution is 5.96. The van der Waals surface area contributed by atoms with E-state index in [1.165, 1.54) is 26.4 Å². The van der Waals surface area contributed by atoms with Gasteiger partial charge in [0.1, 0.15) is 22.9 Å². The quantitative estimate of drug-likeness (QED) is 0.340. The number of amides is 1. The normalized spacial score (nSPS) is 14.4. The number of nitrogens with zero attached hydrogens (tertiary/aromatic N) is 1. The van der Waals surface area contributed by atoms with Crippen molar-refractivity contribution in [2.45, 2.75) is 38.2 Å². The van der Waals surface area contributed by atoms with Crippen molar-refractivity contribution in [3.8, 4) is 28.5 Å². The Labute approximate surface area is 220 Å². The maximum absolute atomic E-state index is 13.9. The molecule has 9 heteroatoms. The third kappa shape index (κ3) is 5.78. The molecule has 3 aromatic rings. The highest BCUT2D eigenvalue weighted by Crippen LogP contribution is 2.49. The third-order valence-corrected chi connectivity index (χ3v) is 6.79. The lowest BCUT2D eigenvalue weighted by molar-refractivity contribution is -0.119. The van der Waals surface area contributed by atoms with Gasteiger partial charge in [0, 0.05) is 17.5 Å². The fourth-order valence-electron chi connectivity index (χ4n) is 4.51. The molecular formula is C29H31FN2O6. The van der Waals surface area contributed by atoms with Crippen molar-refractivity contribution in [2.24, 2.45) is 11.7 Å². The third-order valence-electron chi connectivity index (χ3n) is 6.79. The summed E-state index contributed by atoms with van der Waals surface area (Å²) in [5.74, 6) is -0.0733. The molecule has 2 aromatic carbocycles. The van der Waals surface area contributed by atoms with E-state index >= 15 is 0 Å². The SMILES string of the molecule is COc1cc(C(=O)CC[C@](O)(c2ccc(OC)c(-c3ccc(F)c(C)c3)n2)C2CC2)ccc1OCC(N)=O. The maximum Gasteiger partial charge on any atom is 0.255 e. The van der Waals surface area contributed by atoms with Crippen LogP contribution in [0.5, 0.6) is 17.2 Å². The first-order valence-electron chi connectivity index (χ1n) is 12.3. The molecule has 3 N–H and O–H groups in total. The number of primary amides is 1. The zero-order valence-corrected chi connectivity index (χ0v) is 21.6. The molecule has 4 rings (SSSR count). The van der Waals surface area contributed by atoms with Gasteiger partial charge in [-0.2, -0.15) is 0 Å². The van der Waals surface area contributed by atoms with Gasteiger partial charge < -0.3 is 25.1 Å². The van der Waals surface area contributed by atoms with Gasteiger partial charge in [-0.25, -0.2) is 9.37 Å². The number of rotatable bonds is 12. The van der Waals surface area contributed by atoms with Gasteiger partial charge in [-0.1, -0.05) is 0 Å². The van der Waals surface area contributed by atoms with Crippen molar-refractivity contribution in [1.29, 1.82) is 0 Å². The van der Waals surface area contributed by atoms with Gasteiger partial charge in [0.2, 0.25) is 0 Å². The highest BCUT2D eigenvalue weighted by Gasteiger charge is 2.46. The Morgan fingerprint density at radius 2 is 1.76 bits per heavy atom. The Bertz CT molecular complexity index is 1360. The number of hydrogen-bond donors (Lipinski definition) is 2. The molecule has 1 atom stereocenters. The Morgan fingerprint density at radius 1 is 1.05 bits per heavy atom. The summed E-state index contributed by atoms with van der Waals surface area (Å²) in [6.07, 6.45) is 1.88. The molecule has 0 aliphatic heterocycles. The van der Waals surface area contributed by atoms with Gasteiger partial charge >= 0.3 is 0 Å². The van der Waals surface area contributed by atoms with Gasteiger partial charge in [-0.05, 0) is 86.2 Å². The summed E-state index contributed by atoms with van der Waals surface area (Å²) < 4.78 is 30.0. The van der Waals surface area contributed by atoms with Crippen molar-refractivity contribution in [3.05, 3.63) is 71.2 Å². The van der Waals surface area contributed by atoms with Crippen LogP contribution in [-0.4, -0.2) is 42.6 Å². The second-order valence-corrected chi connectivity index (χ2v) is 9.45. The van der Waals surface area contributed by atoms with Crippen LogP contribution < -0.4 is 19.9 Å². The van der Waals surface area contributed by atoms with E-state index < -0.39 is 11.5 Å². The number of halogens is 1. The molecule has 0 radical (unpaired) electrons. The van der Waals surface area contributed by atoms with Crippen LogP contribution in [0, 0.1) is 18.7 Å². The average Bonchev–Trinajstić information content (AvgIpc) is 3.77. The Kier molecular flexibility index (Phi) is 7.97. The van der Waals surface area contributed by atoms with E-state index in [-0.39, 0.29) is 37.0 Å². The molecule has 1 fully saturated rings. The van der Waals surface area contributed by atoms with E-state index in [9.17, 15) is 19.1 Å². The first kappa shape index (κ1) is 27.1. The van der Waals surface area contributed by atoms with E-state index in [0.29, 0.717) is 45.3 Å². The highest BCUT2D eigenvalue weighted by atomic mass is 19.1. The fourth-order valence-corrected chi connectivity index (χ4v) is 4.51. The fraction of sp³-hybridized carbons (Fsp3) is 0.345.